The number of hydrogen-bond donors (Lipinski definition) is 2. The van der Waals surface area contributed by atoms with E-state index in [0.717, 1.165) is 42.4 Å². The number of benzene rings is 1. The number of carbonyl (C=O) groups is 1. The Hall–Kier alpha value is -0.870. The Kier molecular flexibility index (Phi) is 5.22. The lowest BCUT2D eigenvalue weighted by Gasteiger charge is -2.28. The molecule has 1 saturated heterocycles. The number of carbonyl (C=O) groups excluding carboxylic acids is 1. The summed E-state index contributed by atoms with van der Waals surface area (Å²) in [6.07, 6.45) is 2.94. The molecular formula is C16H23BrN2O. The maximum atomic E-state index is 12.6. The molecule has 0 radical (unpaired) electrons. The second-order valence-corrected chi connectivity index (χ2v) is 6.62. The van der Waals surface area contributed by atoms with E-state index in [4.69, 9.17) is 0 Å². The van der Waals surface area contributed by atoms with E-state index >= 15 is 0 Å². The Bertz CT molecular complexity index is 452. The van der Waals surface area contributed by atoms with E-state index in [0.29, 0.717) is 0 Å². The zero-order valence-corrected chi connectivity index (χ0v) is 13.8. The van der Waals surface area contributed by atoms with Crippen molar-refractivity contribution < 1.29 is 4.79 Å². The van der Waals surface area contributed by atoms with Crippen LogP contribution in [-0.2, 0) is 4.79 Å². The molecule has 2 unspecified atom stereocenters. The van der Waals surface area contributed by atoms with Crippen molar-refractivity contribution in [1.82, 2.24) is 10.6 Å². The first kappa shape index (κ1) is 15.5. The number of hydrogen-bond acceptors (Lipinski definition) is 2. The SMILES string of the molecule is CCCC1(C(=O)NC(C)c2ccc(Br)cc2)CCNC1. The minimum atomic E-state index is -0.210. The maximum absolute atomic E-state index is 12.6. The lowest BCUT2D eigenvalue weighted by molar-refractivity contribution is -0.131. The van der Waals surface area contributed by atoms with Crippen LogP contribution in [0.1, 0.15) is 44.7 Å². The third-order valence-electron chi connectivity index (χ3n) is 4.17. The van der Waals surface area contributed by atoms with Gasteiger partial charge in [-0.2, -0.15) is 0 Å². The maximum Gasteiger partial charge on any atom is 0.228 e. The smallest absolute Gasteiger partial charge is 0.228 e. The predicted octanol–water partition coefficient (Wildman–Crippen LogP) is 3.41. The fourth-order valence-corrected chi connectivity index (χ4v) is 3.19. The highest BCUT2D eigenvalue weighted by Crippen LogP contribution is 2.32. The number of amides is 1. The van der Waals surface area contributed by atoms with Crippen LogP contribution in [0.5, 0.6) is 0 Å². The first-order valence-electron chi connectivity index (χ1n) is 7.34. The fourth-order valence-electron chi connectivity index (χ4n) is 2.93. The van der Waals surface area contributed by atoms with E-state index in [1.165, 1.54) is 0 Å². The van der Waals surface area contributed by atoms with Crippen molar-refractivity contribution in [2.24, 2.45) is 5.41 Å². The quantitative estimate of drug-likeness (QED) is 0.863. The molecule has 2 atom stereocenters. The Morgan fingerprint density at radius 2 is 2.15 bits per heavy atom. The monoisotopic (exact) mass is 338 g/mol. The van der Waals surface area contributed by atoms with Gasteiger partial charge in [0.2, 0.25) is 5.91 Å². The molecule has 4 heteroatoms. The largest absolute Gasteiger partial charge is 0.349 e. The fraction of sp³-hybridized carbons (Fsp3) is 0.562. The summed E-state index contributed by atoms with van der Waals surface area (Å²) < 4.78 is 1.06. The molecule has 1 aromatic carbocycles. The molecule has 20 heavy (non-hydrogen) atoms. The Morgan fingerprint density at radius 1 is 1.45 bits per heavy atom. The van der Waals surface area contributed by atoms with Gasteiger partial charge in [-0.15, -0.1) is 0 Å². The van der Waals surface area contributed by atoms with Gasteiger partial charge < -0.3 is 10.6 Å². The Morgan fingerprint density at radius 3 is 2.70 bits per heavy atom. The second-order valence-electron chi connectivity index (χ2n) is 5.70. The third-order valence-corrected chi connectivity index (χ3v) is 4.70. The first-order chi connectivity index (χ1) is 9.57. The van der Waals surface area contributed by atoms with Crippen molar-refractivity contribution >= 4 is 21.8 Å². The second kappa shape index (κ2) is 6.72. The zero-order valence-electron chi connectivity index (χ0n) is 12.2. The van der Waals surface area contributed by atoms with Gasteiger partial charge in [0, 0.05) is 11.0 Å². The van der Waals surface area contributed by atoms with Crippen LogP contribution in [-0.4, -0.2) is 19.0 Å². The summed E-state index contributed by atoms with van der Waals surface area (Å²) in [5.41, 5.74) is 0.928. The normalized spacial score (nSPS) is 23.6. The van der Waals surface area contributed by atoms with Crippen molar-refractivity contribution in [3.63, 3.8) is 0 Å². The van der Waals surface area contributed by atoms with Gasteiger partial charge in [0.15, 0.2) is 0 Å². The molecule has 0 bridgehead atoms. The van der Waals surface area contributed by atoms with Crippen LogP contribution in [0, 0.1) is 5.41 Å². The summed E-state index contributed by atoms with van der Waals surface area (Å²) in [6.45, 7) is 5.94. The van der Waals surface area contributed by atoms with E-state index in [-0.39, 0.29) is 17.4 Å². The van der Waals surface area contributed by atoms with Crippen LogP contribution >= 0.6 is 15.9 Å². The molecule has 1 aromatic rings. The summed E-state index contributed by atoms with van der Waals surface area (Å²) in [7, 11) is 0. The molecule has 0 aliphatic carbocycles. The number of nitrogens with one attached hydrogen (secondary N) is 2. The van der Waals surface area contributed by atoms with Crippen molar-refractivity contribution in [2.75, 3.05) is 13.1 Å². The molecule has 0 saturated carbocycles. The minimum absolute atomic E-state index is 0.0462. The lowest BCUT2D eigenvalue weighted by atomic mass is 9.81. The van der Waals surface area contributed by atoms with Gasteiger partial charge in [-0.05, 0) is 44.0 Å². The van der Waals surface area contributed by atoms with Crippen LogP contribution in [0.4, 0.5) is 0 Å². The van der Waals surface area contributed by atoms with Crippen molar-refractivity contribution in [3.05, 3.63) is 34.3 Å². The summed E-state index contributed by atoms with van der Waals surface area (Å²) in [4.78, 5) is 12.6. The van der Waals surface area contributed by atoms with E-state index in [1.807, 2.05) is 19.1 Å². The van der Waals surface area contributed by atoms with Gasteiger partial charge in [-0.25, -0.2) is 0 Å². The molecule has 2 rings (SSSR count). The summed E-state index contributed by atoms with van der Waals surface area (Å²) >= 11 is 3.43. The highest BCUT2D eigenvalue weighted by atomic mass is 79.9. The van der Waals surface area contributed by atoms with Crippen LogP contribution < -0.4 is 10.6 Å². The minimum Gasteiger partial charge on any atom is -0.349 e. The van der Waals surface area contributed by atoms with Crippen molar-refractivity contribution in [3.8, 4) is 0 Å². The van der Waals surface area contributed by atoms with Gasteiger partial charge in [0.25, 0.3) is 0 Å². The molecule has 1 heterocycles. The zero-order chi connectivity index (χ0) is 14.6. The molecule has 1 fully saturated rings. The molecule has 110 valence electrons. The van der Waals surface area contributed by atoms with Gasteiger partial charge in [0.1, 0.15) is 0 Å². The predicted molar refractivity (Wildman–Crippen MR) is 85.5 cm³/mol. The first-order valence-corrected chi connectivity index (χ1v) is 8.14. The summed E-state index contributed by atoms with van der Waals surface area (Å²) in [5, 5.41) is 6.52. The molecule has 2 N–H and O–H groups in total. The van der Waals surface area contributed by atoms with Crippen molar-refractivity contribution in [1.29, 1.82) is 0 Å². The van der Waals surface area contributed by atoms with Gasteiger partial charge in [-0.3, -0.25) is 4.79 Å². The van der Waals surface area contributed by atoms with Gasteiger partial charge >= 0.3 is 0 Å². The third kappa shape index (κ3) is 3.41. The van der Waals surface area contributed by atoms with E-state index < -0.39 is 0 Å². The molecule has 1 aliphatic heterocycles. The highest BCUT2D eigenvalue weighted by molar-refractivity contribution is 9.10. The number of halogens is 1. The van der Waals surface area contributed by atoms with Crippen LogP contribution in [0.3, 0.4) is 0 Å². The molecule has 1 amide bonds. The van der Waals surface area contributed by atoms with Crippen molar-refractivity contribution in [2.45, 2.75) is 39.2 Å². The highest BCUT2D eigenvalue weighted by Gasteiger charge is 2.40. The summed E-state index contributed by atoms with van der Waals surface area (Å²) in [6, 6.07) is 8.17. The molecule has 0 aromatic heterocycles. The lowest BCUT2D eigenvalue weighted by Crippen LogP contribution is -2.43. The van der Waals surface area contributed by atoms with E-state index in [9.17, 15) is 4.79 Å². The Labute approximate surface area is 129 Å². The van der Waals surface area contributed by atoms with E-state index in [1.54, 1.807) is 0 Å². The molecular weight excluding hydrogens is 316 g/mol. The summed E-state index contributed by atoms with van der Waals surface area (Å²) in [5.74, 6) is 0.194. The van der Waals surface area contributed by atoms with Gasteiger partial charge in [0.05, 0.1) is 11.5 Å². The number of rotatable bonds is 5. The van der Waals surface area contributed by atoms with Crippen LogP contribution in [0.25, 0.3) is 0 Å². The molecule has 3 nitrogen and oxygen atoms in total. The Balaban J connectivity index is 2.04. The average molecular weight is 339 g/mol. The average Bonchev–Trinajstić information content (AvgIpc) is 2.89. The van der Waals surface area contributed by atoms with Crippen LogP contribution in [0.15, 0.2) is 28.7 Å². The van der Waals surface area contributed by atoms with E-state index in [2.05, 4.69) is 45.6 Å². The topological polar surface area (TPSA) is 41.1 Å². The standard InChI is InChI=1S/C16H23BrN2O/c1-3-8-16(9-10-18-11-16)15(20)19-12(2)13-4-6-14(17)7-5-13/h4-7,12,18H,3,8-11H2,1-2H3,(H,19,20). The molecule has 0 spiro atoms. The van der Waals surface area contributed by atoms with Crippen LogP contribution in [0.2, 0.25) is 0 Å². The molecule has 1 aliphatic rings. The van der Waals surface area contributed by atoms with Gasteiger partial charge in [-0.1, -0.05) is 41.4 Å².